The van der Waals surface area contributed by atoms with E-state index in [4.69, 9.17) is 0 Å². The minimum atomic E-state index is 0.150. The molecular formula is C19H26O. The molecule has 1 aliphatic carbocycles. The molecule has 1 heteroatoms. The zero-order valence-corrected chi connectivity index (χ0v) is 12.6. The zero-order chi connectivity index (χ0) is 14.4. The number of hydrogen-bond acceptors (Lipinski definition) is 1. The molecule has 1 aromatic rings. The van der Waals surface area contributed by atoms with Gasteiger partial charge in [0.25, 0.3) is 0 Å². The Balaban J connectivity index is 1.75. The van der Waals surface area contributed by atoms with Crippen molar-refractivity contribution in [3.63, 3.8) is 0 Å². The van der Waals surface area contributed by atoms with Gasteiger partial charge in [-0.1, -0.05) is 43.2 Å². The Kier molecular flexibility index (Phi) is 5.58. The molecule has 1 aliphatic rings. The second-order valence-electron chi connectivity index (χ2n) is 6.20. The van der Waals surface area contributed by atoms with E-state index in [1.165, 1.54) is 44.1 Å². The quantitative estimate of drug-likeness (QED) is 0.512. The van der Waals surface area contributed by atoms with Crippen molar-refractivity contribution in [3.05, 3.63) is 48.0 Å². The summed E-state index contributed by atoms with van der Waals surface area (Å²) in [5.41, 5.74) is 2.18. The monoisotopic (exact) mass is 270 g/mol. The average Bonchev–Trinajstić information content (AvgIpc) is 2.47. The molecule has 0 heterocycles. The average molecular weight is 270 g/mol. The summed E-state index contributed by atoms with van der Waals surface area (Å²) in [4.78, 5) is 11.2. The maximum atomic E-state index is 11.2. The van der Waals surface area contributed by atoms with E-state index in [1.807, 2.05) is 12.1 Å². The Hall–Kier alpha value is -1.37. The summed E-state index contributed by atoms with van der Waals surface area (Å²) in [6.45, 7) is 5.47. The molecule has 0 radical (unpaired) electrons. The molecule has 2 rings (SSSR count). The van der Waals surface area contributed by atoms with Crippen molar-refractivity contribution in [3.8, 4) is 0 Å². The molecule has 0 N–H and O–H groups in total. The zero-order valence-electron chi connectivity index (χ0n) is 12.6. The summed E-state index contributed by atoms with van der Waals surface area (Å²) in [7, 11) is 0. The van der Waals surface area contributed by atoms with Crippen LogP contribution in [0.4, 0.5) is 0 Å². The first kappa shape index (κ1) is 15.0. The third-order valence-corrected chi connectivity index (χ3v) is 4.67. The molecule has 0 atom stereocenters. The fraction of sp³-hybridized carbons (Fsp3) is 0.526. The predicted molar refractivity (Wildman–Crippen MR) is 85.0 cm³/mol. The van der Waals surface area contributed by atoms with E-state index in [-0.39, 0.29) is 5.78 Å². The standard InChI is InChI=1S/C19H26O/c1-3-4-16-5-7-17(8-6-16)9-10-18-11-13-19(14-12-18)15(2)20/h3,11-14,16-17H,1,4-10H2,2H3/t16-,17-. The molecule has 1 fully saturated rings. The minimum Gasteiger partial charge on any atom is -0.295 e. The van der Waals surface area contributed by atoms with Crippen LogP contribution in [0.5, 0.6) is 0 Å². The summed E-state index contributed by atoms with van der Waals surface area (Å²) >= 11 is 0. The number of rotatable bonds is 6. The summed E-state index contributed by atoms with van der Waals surface area (Å²) < 4.78 is 0. The molecule has 1 saturated carbocycles. The van der Waals surface area contributed by atoms with Crippen molar-refractivity contribution in [2.75, 3.05) is 0 Å². The van der Waals surface area contributed by atoms with Crippen molar-refractivity contribution in [1.82, 2.24) is 0 Å². The van der Waals surface area contributed by atoms with Crippen LogP contribution in [-0.2, 0) is 6.42 Å². The lowest BCUT2D eigenvalue weighted by molar-refractivity contribution is 0.101. The van der Waals surface area contributed by atoms with E-state index in [2.05, 4.69) is 24.8 Å². The molecule has 0 unspecified atom stereocenters. The molecule has 1 aromatic carbocycles. The van der Waals surface area contributed by atoms with Gasteiger partial charge in [-0.25, -0.2) is 0 Å². The van der Waals surface area contributed by atoms with Crippen molar-refractivity contribution < 1.29 is 4.79 Å². The Bertz CT molecular complexity index is 435. The van der Waals surface area contributed by atoms with Crippen LogP contribution in [0.25, 0.3) is 0 Å². The van der Waals surface area contributed by atoms with Crippen LogP contribution in [0.15, 0.2) is 36.9 Å². The van der Waals surface area contributed by atoms with Crippen LogP contribution in [0, 0.1) is 11.8 Å². The van der Waals surface area contributed by atoms with Crippen molar-refractivity contribution in [2.45, 2.75) is 51.9 Å². The van der Waals surface area contributed by atoms with Crippen molar-refractivity contribution >= 4 is 5.78 Å². The molecule has 0 aliphatic heterocycles. The summed E-state index contributed by atoms with van der Waals surface area (Å²) in [6, 6.07) is 8.14. The van der Waals surface area contributed by atoms with Crippen molar-refractivity contribution in [2.24, 2.45) is 11.8 Å². The van der Waals surface area contributed by atoms with Crippen LogP contribution in [0.2, 0.25) is 0 Å². The van der Waals surface area contributed by atoms with Gasteiger partial charge in [0, 0.05) is 5.56 Å². The normalized spacial score (nSPS) is 22.4. The molecule has 0 amide bonds. The Morgan fingerprint density at radius 3 is 2.30 bits per heavy atom. The highest BCUT2D eigenvalue weighted by Gasteiger charge is 2.19. The van der Waals surface area contributed by atoms with E-state index in [1.54, 1.807) is 6.92 Å². The number of Topliss-reactive ketones (excluding diaryl/α,β-unsaturated/α-hetero) is 1. The Morgan fingerprint density at radius 2 is 1.75 bits per heavy atom. The molecule has 0 spiro atoms. The maximum absolute atomic E-state index is 11.2. The first-order valence-electron chi connectivity index (χ1n) is 7.90. The fourth-order valence-electron chi connectivity index (χ4n) is 3.27. The third kappa shape index (κ3) is 4.33. The lowest BCUT2D eigenvalue weighted by Crippen LogP contribution is -2.14. The van der Waals surface area contributed by atoms with Crippen LogP contribution in [-0.4, -0.2) is 5.78 Å². The van der Waals surface area contributed by atoms with Gasteiger partial charge in [-0.2, -0.15) is 0 Å². The molecule has 20 heavy (non-hydrogen) atoms. The van der Waals surface area contributed by atoms with Crippen LogP contribution >= 0.6 is 0 Å². The van der Waals surface area contributed by atoms with E-state index < -0.39 is 0 Å². The smallest absolute Gasteiger partial charge is 0.159 e. The van der Waals surface area contributed by atoms with E-state index in [0.29, 0.717) is 0 Å². The lowest BCUT2D eigenvalue weighted by atomic mass is 9.78. The molecular weight excluding hydrogens is 244 g/mol. The van der Waals surface area contributed by atoms with E-state index in [9.17, 15) is 4.79 Å². The predicted octanol–water partition coefficient (Wildman–Crippen LogP) is 5.20. The second-order valence-corrected chi connectivity index (χ2v) is 6.20. The first-order valence-corrected chi connectivity index (χ1v) is 7.90. The van der Waals surface area contributed by atoms with Gasteiger partial charge < -0.3 is 0 Å². The number of benzene rings is 1. The second kappa shape index (κ2) is 7.42. The van der Waals surface area contributed by atoms with Crippen LogP contribution in [0.3, 0.4) is 0 Å². The SMILES string of the molecule is C=CC[C@H]1CC[C@H](CCc2ccc(C(C)=O)cc2)CC1. The van der Waals surface area contributed by atoms with Gasteiger partial charge in [-0.3, -0.25) is 4.79 Å². The fourth-order valence-corrected chi connectivity index (χ4v) is 3.27. The van der Waals surface area contributed by atoms with Crippen molar-refractivity contribution in [1.29, 1.82) is 0 Å². The minimum absolute atomic E-state index is 0.150. The number of carbonyl (C=O) groups excluding carboxylic acids is 1. The highest BCUT2D eigenvalue weighted by atomic mass is 16.1. The van der Waals surface area contributed by atoms with E-state index >= 15 is 0 Å². The highest BCUT2D eigenvalue weighted by molar-refractivity contribution is 5.93. The maximum Gasteiger partial charge on any atom is 0.159 e. The van der Waals surface area contributed by atoms with Gasteiger partial charge in [-0.15, -0.1) is 6.58 Å². The molecule has 108 valence electrons. The summed E-state index contributed by atoms with van der Waals surface area (Å²) in [6.07, 6.45) is 11.2. The lowest BCUT2D eigenvalue weighted by Gasteiger charge is -2.27. The Morgan fingerprint density at radius 1 is 1.15 bits per heavy atom. The van der Waals surface area contributed by atoms with Crippen LogP contribution < -0.4 is 0 Å². The summed E-state index contributed by atoms with van der Waals surface area (Å²) in [5, 5.41) is 0. The molecule has 1 nitrogen and oxygen atoms in total. The van der Waals surface area contributed by atoms with Gasteiger partial charge in [0.05, 0.1) is 0 Å². The van der Waals surface area contributed by atoms with Gasteiger partial charge in [0.15, 0.2) is 5.78 Å². The topological polar surface area (TPSA) is 17.1 Å². The van der Waals surface area contributed by atoms with E-state index in [0.717, 1.165) is 23.8 Å². The first-order chi connectivity index (χ1) is 9.69. The Labute approximate surface area is 123 Å². The largest absolute Gasteiger partial charge is 0.295 e. The third-order valence-electron chi connectivity index (χ3n) is 4.67. The van der Waals surface area contributed by atoms with Gasteiger partial charge in [0.2, 0.25) is 0 Å². The number of allylic oxidation sites excluding steroid dienone is 1. The van der Waals surface area contributed by atoms with Gasteiger partial charge in [0.1, 0.15) is 0 Å². The number of aryl methyl sites for hydroxylation is 1. The highest BCUT2D eigenvalue weighted by Crippen LogP contribution is 2.33. The number of hydrogen-bond donors (Lipinski definition) is 0. The van der Waals surface area contributed by atoms with Gasteiger partial charge in [-0.05, 0) is 56.4 Å². The molecule has 0 aromatic heterocycles. The molecule has 0 bridgehead atoms. The van der Waals surface area contributed by atoms with Crippen LogP contribution in [0.1, 0.15) is 61.4 Å². The number of ketones is 1. The van der Waals surface area contributed by atoms with Gasteiger partial charge >= 0.3 is 0 Å². The number of carbonyl (C=O) groups is 1. The summed E-state index contributed by atoms with van der Waals surface area (Å²) in [5.74, 6) is 1.93. The molecule has 0 saturated heterocycles.